The third-order valence-corrected chi connectivity index (χ3v) is 2.19. The maximum atomic E-state index is 8.89. The van der Waals surface area contributed by atoms with Gasteiger partial charge >= 0.3 is 0 Å². The minimum Gasteiger partial charge on any atom is -0.474 e. The Labute approximate surface area is 84.7 Å². The molecular weight excluding hydrogens is 178 g/mol. The molecule has 1 aromatic heterocycles. The van der Waals surface area contributed by atoms with Crippen molar-refractivity contribution in [2.75, 3.05) is 0 Å². The van der Waals surface area contributed by atoms with Gasteiger partial charge in [-0.2, -0.15) is 0 Å². The van der Waals surface area contributed by atoms with Crippen molar-refractivity contribution in [1.82, 2.24) is 4.98 Å². The van der Waals surface area contributed by atoms with Gasteiger partial charge in [-0.25, -0.2) is 4.98 Å². The van der Waals surface area contributed by atoms with Crippen molar-refractivity contribution in [2.45, 2.75) is 33.5 Å². The molecule has 0 amide bonds. The zero-order chi connectivity index (χ0) is 10.6. The third kappa shape index (κ3) is 3.00. The van der Waals surface area contributed by atoms with Crippen LogP contribution in [0.5, 0.6) is 5.88 Å². The molecular formula is C11H17NO2. The minimum atomic E-state index is -0.0484. The molecule has 1 heterocycles. The molecule has 0 spiro atoms. The van der Waals surface area contributed by atoms with Gasteiger partial charge in [-0.3, -0.25) is 0 Å². The first kappa shape index (κ1) is 11.0. The first-order chi connectivity index (χ1) is 6.63. The Balaban J connectivity index is 2.66. The predicted molar refractivity (Wildman–Crippen MR) is 55.1 cm³/mol. The molecule has 0 aromatic carbocycles. The Hall–Kier alpha value is -1.09. The van der Waals surface area contributed by atoms with Gasteiger partial charge in [0.05, 0.1) is 18.4 Å². The number of ether oxygens (including phenoxy) is 1. The molecule has 1 N–H and O–H groups in total. The van der Waals surface area contributed by atoms with E-state index < -0.39 is 0 Å². The van der Waals surface area contributed by atoms with Gasteiger partial charge in [0.2, 0.25) is 5.88 Å². The van der Waals surface area contributed by atoms with E-state index in [4.69, 9.17) is 9.84 Å². The number of nitrogens with zero attached hydrogens (tertiary/aromatic N) is 1. The molecule has 0 saturated heterocycles. The molecule has 0 saturated carbocycles. The van der Waals surface area contributed by atoms with E-state index in [1.54, 1.807) is 12.1 Å². The second-order valence-electron chi connectivity index (χ2n) is 3.69. The Morgan fingerprint density at radius 2 is 2.07 bits per heavy atom. The molecule has 0 radical (unpaired) electrons. The highest BCUT2D eigenvalue weighted by Gasteiger charge is 2.09. The van der Waals surface area contributed by atoms with Crippen molar-refractivity contribution in [3.8, 4) is 5.88 Å². The highest BCUT2D eigenvalue weighted by molar-refractivity contribution is 5.15. The summed E-state index contributed by atoms with van der Waals surface area (Å²) in [4.78, 5) is 4.14. The topological polar surface area (TPSA) is 42.4 Å². The van der Waals surface area contributed by atoms with Crippen LogP contribution < -0.4 is 4.74 Å². The molecule has 0 fully saturated rings. The molecule has 1 rings (SSSR count). The summed E-state index contributed by atoms with van der Waals surface area (Å²) < 4.78 is 5.60. The molecule has 0 aliphatic carbocycles. The van der Waals surface area contributed by atoms with Crippen molar-refractivity contribution < 1.29 is 9.84 Å². The van der Waals surface area contributed by atoms with E-state index in [9.17, 15) is 0 Å². The van der Waals surface area contributed by atoms with E-state index >= 15 is 0 Å². The van der Waals surface area contributed by atoms with Crippen molar-refractivity contribution in [3.05, 3.63) is 23.9 Å². The smallest absolute Gasteiger partial charge is 0.213 e. The summed E-state index contributed by atoms with van der Waals surface area (Å²) in [5, 5.41) is 8.89. The molecule has 0 aliphatic rings. The van der Waals surface area contributed by atoms with E-state index in [0.717, 1.165) is 0 Å². The standard InChI is InChI=1S/C11H17NO2/c1-8(2)9(3)14-11-6-4-5-10(7-13)12-11/h4-6,8-9,13H,7H2,1-3H3. The van der Waals surface area contributed by atoms with E-state index in [-0.39, 0.29) is 12.7 Å². The summed E-state index contributed by atoms with van der Waals surface area (Å²) in [5.74, 6) is 1.03. The van der Waals surface area contributed by atoms with Gasteiger partial charge in [0.1, 0.15) is 0 Å². The van der Waals surface area contributed by atoms with Crippen molar-refractivity contribution >= 4 is 0 Å². The molecule has 1 aromatic rings. The van der Waals surface area contributed by atoms with Crippen molar-refractivity contribution in [3.63, 3.8) is 0 Å². The van der Waals surface area contributed by atoms with Gasteiger partial charge in [0.25, 0.3) is 0 Å². The molecule has 3 heteroatoms. The third-order valence-electron chi connectivity index (χ3n) is 2.19. The van der Waals surface area contributed by atoms with E-state index in [2.05, 4.69) is 18.8 Å². The molecule has 3 nitrogen and oxygen atoms in total. The molecule has 0 bridgehead atoms. The van der Waals surface area contributed by atoms with Crippen LogP contribution in [0.4, 0.5) is 0 Å². The second kappa shape index (κ2) is 4.96. The number of rotatable bonds is 4. The summed E-state index contributed by atoms with van der Waals surface area (Å²) in [5.41, 5.74) is 0.637. The quantitative estimate of drug-likeness (QED) is 0.799. The van der Waals surface area contributed by atoms with Crippen LogP contribution in [0.15, 0.2) is 18.2 Å². The second-order valence-corrected chi connectivity index (χ2v) is 3.69. The summed E-state index contributed by atoms with van der Waals surface area (Å²) in [6.07, 6.45) is 0.136. The highest BCUT2D eigenvalue weighted by atomic mass is 16.5. The predicted octanol–water partition coefficient (Wildman–Crippen LogP) is 2.00. The van der Waals surface area contributed by atoms with Gasteiger partial charge < -0.3 is 9.84 Å². The van der Waals surface area contributed by atoms with Crippen LogP contribution in [-0.2, 0) is 6.61 Å². The van der Waals surface area contributed by atoms with E-state index in [1.807, 2.05) is 13.0 Å². The first-order valence-electron chi connectivity index (χ1n) is 4.87. The first-order valence-corrected chi connectivity index (χ1v) is 4.87. The van der Waals surface area contributed by atoms with Crippen LogP contribution in [0.25, 0.3) is 0 Å². The Morgan fingerprint density at radius 1 is 1.36 bits per heavy atom. The Morgan fingerprint density at radius 3 is 2.64 bits per heavy atom. The van der Waals surface area contributed by atoms with Crippen LogP contribution in [0.2, 0.25) is 0 Å². The van der Waals surface area contributed by atoms with E-state index in [0.29, 0.717) is 17.5 Å². The monoisotopic (exact) mass is 195 g/mol. The summed E-state index contributed by atoms with van der Waals surface area (Å²) in [6.45, 7) is 6.16. The van der Waals surface area contributed by atoms with Crippen LogP contribution >= 0.6 is 0 Å². The minimum absolute atomic E-state index is 0.0484. The van der Waals surface area contributed by atoms with Gasteiger partial charge in [0, 0.05) is 6.07 Å². The maximum absolute atomic E-state index is 8.89. The fourth-order valence-electron chi connectivity index (χ4n) is 0.938. The normalized spacial score (nSPS) is 12.9. The largest absolute Gasteiger partial charge is 0.474 e. The lowest BCUT2D eigenvalue weighted by molar-refractivity contribution is 0.162. The molecule has 78 valence electrons. The Bertz CT molecular complexity index is 286. The number of aromatic nitrogens is 1. The lowest BCUT2D eigenvalue weighted by Crippen LogP contribution is -2.19. The average molecular weight is 195 g/mol. The Kier molecular flexibility index (Phi) is 3.89. The van der Waals surface area contributed by atoms with E-state index in [1.165, 1.54) is 0 Å². The average Bonchev–Trinajstić information content (AvgIpc) is 2.18. The van der Waals surface area contributed by atoms with Gasteiger partial charge in [-0.15, -0.1) is 0 Å². The fraction of sp³-hybridized carbons (Fsp3) is 0.545. The van der Waals surface area contributed by atoms with Crippen molar-refractivity contribution in [2.24, 2.45) is 5.92 Å². The number of aliphatic hydroxyl groups is 1. The summed E-state index contributed by atoms with van der Waals surface area (Å²) >= 11 is 0. The van der Waals surface area contributed by atoms with Crippen LogP contribution in [0, 0.1) is 5.92 Å². The number of hydrogen-bond donors (Lipinski definition) is 1. The maximum Gasteiger partial charge on any atom is 0.213 e. The lowest BCUT2D eigenvalue weighted by Gasteiger charge is -2.17. The van der Waals surface area contributed by atoms with Crippen LogP contribution in [-0.4, -0.2) is 16.2 Å². The van der Waals surface area contributed by atoms with Crippen LogP contribution in [0.1, 0.15) is 26.5 Å². The molecule has 0 aliphatic heterocycles. The molecule has 1 atom stereocenters. The van der Waals surface area contributed by atoms with Gasteiger partial charge in [-0.05, 0) is 18.9 Å². The van der Waals surface area contributed by atoms with Crippen LogP contribution in [0.3, 0.4) is 0 Å². The number of pyridine rings is 1. The summed E-state index contributed by atoms with van der Waals surface area (Å²) in [7, 11) is 0. The zero-order valence-corrected chi connectivity index (χ0v) is 8.90. The lowest BCUT2D eigenvalue weighted by atomic mass is 10.1. The molecule has 14 heavy (non-hydrogen) atoms. The highest BCUT2D eigenvalue weighted by Crippen LogP contribution is 2.13. The SMILES string of the molecule is CC(C)C(C)Oc1cccc(CO)n1. The number of hydrogen-bond acceptors (Lipinski definition) is 3. The zero-order valence-electron chi connectivity index (χ0n) is 8.90. The van der Waals surface area contributed by atoms with Gasteiger partial charge in [-0.1, -0.05) is 19.9 Å². The van der Waals surface area contributed by atoms with Gasteiger partial charge in [0.15, 0.2) is 0 Å². The fourth-order valence-corrected chi connectivity index (χ4v) is 0.938. The number of aliphatic hydroxyl groups excluding tert-OH is 1. The van der Waals surface area contributed by atoms with Crippen molar-refractivity contribution in [1.29, 1.82) is 0 Å². The molecule has 1 unspecified atom stereocenters. The summed E-state index contributed by atoms with van der Waals surface area (Å²) in [6, 6.07) is 5.41.